The first-order chi connectivity index (χ1) is 9.79. The number of hydrogen-bond acceptors (Lipinski definition) is 3. The van der Waals surface area contributed by atoms with Gasteiger partial charge in [0.1, 0.15) is 0 Å². The lowest BCUT2D eigenvalue weighted by Crippen LogP contribution is -2.18. The number of hydrogen-bond donors (Lipinski definition) is 1. The van der Waals surface area contributed by atoms with E-state index in [4.69, 9.17) is 4.74 Å². The maximum Gasteiger partial charge on any atom is 0.0587 e. The fourth-order valence-electron chi connectivity index (χ4n) is 1.74. The van der Waals surface area contributed by atoms with E-state index < -0.39 is 0 Å². The van der Waals surface area contributed by atoms with Gasteiger partial charge in [-0.1, -0.05) is 36.0 Å². The van der Waals surface area contributed by atoms with Gasteiger partial charge in [-0.2, -0.15) is 0 Å². The SMILES string of the molecule is COCCNCc1ccc(Sc2ccccc2Br)cc1. The minimum absolute atomic E-state index is 0.746. The fourth-order valence-corrected chi connectivity index (χ4v) is 3.10. The third-order valence-electron chi connectivity index (χ3n) is 2.80. The summed E-state index contributed by atoms with van der Waals surface area (Å²) >= 11 is 5.34. The van der Waals surface area contributed by atoms with Gasteiger partial charge in [-0.3, -0.25) is 0 Å². The van der Waals surface area contributed by atoms with E-state index in [-0.39, 0.29) is 0 Å². The molecular formula is C16H18BrNOS. The molecule has 0 aliphatic rings. The molecule has 0 saturated heterocycles. The van der Waals surface area contributed by atoms with Crippen LogP contribution in [0, 0.1) is 0 Å². The van der Waals surface area contributed by atoms with Crippen molar-refractivity contribution in [1.29, 1.82) is 0 Å². The van der Waals surface area contributed by atoms with Gasteiger partial charge >= 0.3 is 0 Å². The van der Waals surface area contributed by atoms with Crippen molar-refractivity contribution in [2.75, 3.05) is 20.3 Å². The zero-order valence-corrected chi connectivity index (χ0v) is 13.8. The standard InChI is InChI=1S/C16H18BrNOS/c1-19-11-10-18-12-13-6-8-14(9-7-13)20-16-5-3-2-4-15(16)17/h2-9,18H,10-12H2,1H3. The first-order valence-corrected chi connectivity index (χ1v) is 8.11. The highest BCUT2D eigenvalue weighted by Crippen LogP contribution is 2.33. The molecule has 0 spiro atoms. The second-order valence-corrected chi connectivity index (χ2v) is 6.32. The van der Waals surface area contributed by atoms with E-state index in [0.29, 0.717) is 0 Å². The van der Waals surface area contributed by atoms with Crippen LogP contribution in [0.4, 0.5) is 0 Å². The van der Waals surface area contributed by atoms with Crippen LogP contribution in [0.2, 0.25) is 0 Å². The monoisotopic (exact) mass is 351 g/mol. The predicted octanol–water partition coefficient (Wildman–Crippen LogP) is 4.34. The summed E-state index contributed by atoms with van der Waals surface area (Å²) < 4.78 is 6.14. The summed E-state index contributed by atoms with van der Waals surface area (Å²) in [6, 6.07) is 16.9. The largest absolute Gasteiger partial charge is 0.383 e. The summed E-state index contributed by atoms with van der Waals surface area (Å²) in [5.41, 5.74) is 1.29. The van der Waals surface area contributed by atoms with Crippen LogP contribution < -0.4 is 5.32 Å². The molecule has 0 aliphatic carbocycles. The summed E-state index contributed by atoms with van der Waals surface area (Å²) in [6.07, 6.45) is 0. The summed E-state index contributed by atoms with van der Waals surface area (Å²) in [4.78, 5) is 2.48. The van der Waals surface area contributed by atoms with Crippen LogP contribution in [0.3, 0.4) is 0 Å². The third kappa shape index (κ3) is 4.94. The highest BCUT2D eigenvalue weighted by molar-refractivity contribution is 9.10. The van der Waals surface area contributed by atoms with Gasteiger partial charge in [-0.15, -0.1) is 0 Å². The van der Waals surface area contributed by atoms with Gasteiger partial charge in [0.05, 0.1) is 6.61 Å². The number of halogens is 1. The van der Waals surface area contributed by atoms with Crippen molar-refractivity contribution in [2.45, 2.75) is 16.3 Å². The van der Waals surface area contributed by atoms with E-state index in [1.165, 1.54) is 15.4 Å². The van der Waals surface area contributed by atoms with E-state index in [1.807, 2.05) is 6.07 Å². The van der Waals surface area contributed by atoms with Gasteiger partial charge in [-0.25, -0.2) is 0 Å². The van der Waals surface area contributed by atoms with Gasteiger partial charge < -0.3 is 10.1 Å². The molecule has 106 valence electrons. The quantitative estimate of drug-likeness (QED) is 0.749. The summed E-state index contributed by atoms with van der Waals surface area (Å²) in [5.74, 6) is 0. The molecule has 0 aromatic heterocycles. The maximum atomic E-state index is 5.01. The Morgan fingerprint density at radius 1 is 1.10 bits per heavy atom. The molecule has 2 aromatic rings. The average Bonchev–Trinajstić information content (AvgIpc) is 2.48. The van der Waals surface area contributed by atoms with Gasteiger partial charge in [-0.05, 0) is 45.8 Å². The zero-order valence-electron chi connectivity index (χ0n) is 11.4. The Morgan fingerprint density at radius 3 is 2.55 bits per heavy atom. The van der Waals surface area contributed by atoms with Gasteiger partial charge in [0.15, 0.2) is 0 Å². The predicted molar refractivity (Wildman–Crippen MR) is 88.3 cm³/mol. The summed E-state index contributed by atoms with van der Waals surface area (Å²) in [5, 5.41) is 3.34. The molecule has 2 rings (SSSR count). The van der Waals surface area contributed by atoms with E-state index in [1.54, 1.807) is 18.9 Å². The van der Waals surface area contributed by atoms with Gasteiger partial charge in [0, 0.05) is 34.5 Å². The Bertz CT molecular complexity index is 530. The lowest BCUT2D eigenvalue weighted by atomic mass is 10.2. The molecule has 0 bridgehead atoms. The number of benzene rings is 2. The van der Waals surface area contributed by atoms with Crippen molar-refractivity contribution < 1.29 is 4.74 Å². The van der Waals surface area contributed by atoms with Crippen molar-refractivity contribution in [2.24, 2.45) is 0 Å². The summed E-state index contributed by atoms with van der Waals surface area (Å²) in [6.45, 7) is 2.50. The van der Waals surface area contributed by atoms with E-state index in [9.17, 15) is 0 Å². The molecule has 2 aromatic carbocycles. The Balaban J connectivity index is 1.90. The van der Waals surface area contributed by atoms with Crippen LogP contribution in [0.25, 0.3) is 0 Å². The fraction of sp³-hybridized carbons (Fsp3) is 0.250. The van der Waals surface area contributed by atoms with E-state index in [2.05, 4.69) is 63.7 Å². The normalized spacial score (nSPS) is 10.7. The molecule has 2 nitrogen and oxygen atoms in total. The van der Waals surface area contributed by atoms with Crippen LogP contribution >= 0.6 is 27.7 Å². The number of methoxy groups -OCH3 is 1. The minimum Gasteiger partial charge on any atom is -0.383 e. The number of rotatable bonds is 7. The van der Waals surface area contributed by atoms with Crippen molar-refractivity contribution >= 4 is 27.7 Å². The smallest absolute Gasteiger partial charge is 0.0587 e. The molecule has 0 radical (unpaired) electrons. The Kier molecular flexibility index (Phi) is 6.60. The third-order valence-corrected chi connectivity index (χ3v) is 4.84. The number of ether oxygens (including phenoxy) is 1. The van der Waals surface area contributed by atoms with E-state index >= 15 is 0 Å². The zero-order chi connectivity index (χ0) is 14.2. The van der Waals surface area contributed by atoms with Crippen molar-refractivity contribution in [1.82, 2.24) is 5.32 Å². The van der Waals surface area contributed by atoms with Crippen molar-refractivity contribution in [3.8, 4) is 0 Å². The molecule has 0 fully saturated rings. The Labute approximate surface area is 133 Å². The second-order valence-electron chi connectivity index (χ2n) is 4.35. The van der Waals surface area contributed by atoms with Gasteiger partial charge in [0.25, 0.3) is 0 Å². The molecular weight excluding hydrogens is 334 g/mol. The van der Waals surface area contributed by atoms with Crippen LogP contribution in [-0.2, 0) is 11.3 Å². The molecule has 0 saturated carbocycles. The summed E-state index contributed by atoms with van der Waals surface area (Å²) in [7, 11) is 1.72. The molecule has 0 heterocycles. The van der Waals surface area contributed by atoms with Crippen molar-refractivity contribution in [3.05, 3.63) is 58.6 Å². The lowest BCUT2D eigenvalue weighted by Gasteiger charge is -2.07. The Hall–Kier alpha value is -0.810. The molecule has 0 aliphatic heterocycles. The van der Waals surface area contributed by atoms with Crippen LogP contribution in [0.1, 0.15) is 5.56 Å². The molecule has 0 amide bonds. The topological polar surface area (TPSA) is 21.3 Å². The second kappa shape index (κ2) is 8.47. The first-order valence-electron chi connectivity index (χ1n) is 6.50. The minimum atomic E-state index is 0.746. The van der Waals surface area contributed by atoms with Crippen molar-refractivity contribution in [3.63, 3.8) is 0 Å². The van der Waals surface area contributed by atoms with Crippen LogP contribution in [-0.4, -0.2) is 20.3 Å². The van der Waals surface area contributed by atoms with Gasteiger partial charge in [0.2, 0.25) is 0 Å². The maximum absolute atomic E-state index is 5.01. The van der Waals surface area contributed by atoms with Crippen LogP contribution in [0.5, 0.6) is 0 Å². The molecule has 0 atom stereocenters. The van der Waals surface area contributed by atoms with E-state index in [0.717, 1.165) is 24.2 Å². The number of nitrogens with one attached hydrogen (secondary N) is 1. The Morgan fingerprint density at radius 2 is 1.85 bits per heavy atom. The molecule has 4 heteroatoms. The van der Waals surface area contributed by atoms with Crippen LogP contribution in [0.15, 0.2) is 62.8 Å². The highest BCUT2D eigenvalue weighted by atomic mass is 79.9. The first kappa shape index (κ1) is 15.6. The highest BCUT2D eigenvalue weighted by Gasteiger charge is 2.01. The lowest BCUT2D eigenvalue weighted by molar-refractivity contribution is 0.199. The molecule has 1 N–H and O–H groups in total. The average molecular weight is 352 g/mol. The molecule has 20 heavy (non-hydrogen) atoms. The molecule has 0 unspecified atom stereocenters.